The number of benzene rings is 1. The van der Waals surface area contributed by atoms with E-state index in [-0.39, 0.29) is 5.41 Å². The van der Waals surface area contributed by atoms with Gasteiger partial charge in [-0.1, -0.05) is 45.0 Å². The molecule has 2 rings (SSSR count). The number of nitrogen functional groups attached to an aromatic ring is 1. The summed E-state index contributed by atoms with van der Waals surface area (Å²) in [6, 6.07) is 10.2. The van der Waals surface area contributed by atoms with Crippen LogP contribution in [0.5, 0.6) is 0 Å². The SMILES string of the molecule is CC(C)(C)c1ccccc1-c1cc(N)n[nH]1. The summed E-state index contributed by atoms with van der Waals surface area (Å²) < 4.78 is 0. The molecule has 1 heterocycles. The second-order valence-corrected chi connectivity index (χ2v) is 5.00. The lowest BCUT2D eigenvalue weighted by Gasteiger charge is -2.22. The Labute approximate surface area is 95.7 Å². The van der Waals surface area contributed by atoms with Gasteiger partial charge in [-0.2, -0.15) is 5.10 Å². The van der Waals surface area contributed by atoms with Crippen LogP contribution in [0, 0.1) is 0 Å². The summed E-state index contributed by atoms with van der Waals surface area (Å²) in [5.41, 5.74) is 9.17. The van der Waals surface area contributed by atoms with Crippen molar-refractivity contribution in [3.05, 3.63) is 35.9 Å². The number of hydrogen-bond donors (Lipinski definition) is 2. The summed E-state index contributed by atoms with van der Waals surface area (Å²) in [6.07, 6.45) is 0. The Balaban J connectivity index is 2.57. The second-order valence-electron chi connectivity index (χ2n) is 5.00. The minimum atomic E-state index is 0.108. The van der Waals surface area contributed by atoms with Crippen LogP contribution < -0.4 is 5.73 Å². The average Bonchev–Trinajstić information content (AvgIpc) is 2.64. The molecule has 0 amide bonds. The summed E-state index contributed by atoms with van der Waals surface area (Å²) in [6.45, 7) is 6.60. The first kappa shape index (κ1) is 10.7. The molecule has 0 atom stereocenters. The third-order valence-corrected chi connectivity index (χ3v) is 2.62. The van der Waals surface area contributed by atoms with Gasteiger partial charge in [-0.05, 0) is 11.0 Å². The highest BCUT2D eigenvalue weighted by molar-refractivity contribution is 5.67. The maximum Gasteiger partial charge on any atom is 0.145 e. The van der Waals surface area contributed by atoms with Gasteiger partial charge in [-0.25, -0.2) is 0 Å². The Bertz CT molecular complexity index is 492. The minimum Gasteiger partial charge on any atom is -0.382 e. The molecule has 3 heteroatoms. The number of nitrogens with zero attached hydrogens (tertiary/aromatic N) is 1. The van der Waals surface area contributed by atoms with E-state index in [0.29, 0.717) is 5.82 Å². The highest BCUT2D eigenvalue weighted by Crippen LogP contribution is 2.32. The van der Waals surface area contributed by atoms with Gasteiger partial charge in [0.2, 0.25) is 0 Å². The highest BCUT2D eigenvalue weighted by atomic mass is 15.2. The van der Waals surface area contributed by atoms with Crippen LogP contribution >= 0.6 is 0 Å². The zero-order valence-corrected chi connectivity index (χ0v) is 9.91. The number of aromatic nitrogens is 2. The van der Waals surface area contributed by atoms with Crippen LogP contribution in [-0.2, 0) is 5.41 Å². The van der Waals surface area contributed by atoms with E-state index in [9.17, 15) is 0 Å². The third kappa shape index (κ3) is 1.94. The smallest absolute Gasteiger partial charge is 0.145 e. The van der Waals surface area contributed by atoms with Gasteiger partial charge in [-0.3, -0.25) is 5.10 Å². The lowest BCUT2D eigenvalue weighted by Crippen LogP contribution is -2.12. The molecule has 0 bridgehead atoms. The Morgan fingerprint density at radius 2 is 1.88 bits per heavy atom. The molecule has 1 aromatic carbocycles. The second kappa shape index (κ2) is 3.67. The van der Waals surface area contributed by atoms with E-state index >= 15 is 0 Å². The monoisotopic (exact) mass is 215 g/mol. The van der Waals surface area contributed by atoms with Crippen molar-refractivity contribution >= 4 is 5.82 Å². The molecule has 0 radical (unpaired) electrons. The molecule has 0 fully saturated rings. The average molecular weight is 215 g/mol. The van der Waals surface area contributed by atoms with E-state index in [4.69, 9.17) is 5.73 Å². The molecule has 2 aromatic rings. The molecular weight excluding hydrogens is 198 g/mol. The summed E-state index contributed by atoms with van der Waals surface area (Å²) in [7, 11) is 0. The molecular formula is C13H17N3. The van der Waals surface area contributed by atoms with E-state index in [1.807, 2.05) is 12.1 Å². The van der Waals surface area contributed by atoms with Gasteiger partial charge in [0.05, 0.1) is 5.69 Å². The zero-order chi connectivity index (χ0) is 11.8. The molecule has 0 unspecified atom stereocenters. The number of aromatic amines is 1. The van der Waals surface area contributed by atoms with Crippen LogP contribution in [-0.4, -0.2) is 10.2 Å². The number of hydrogen-bond acceptors (Lipinski definition) is 2. The topological polar surface area (TPSA) is 54.7 Å². The number of nitrogens with two attached hydrogens (primary N) is 1. The van der Waals surface area contributed by atoms with E-state index < -0.39 is 0 Å². The standard InChI is InChI=1S/C13H17N3/c1-13(2,3)10-7-5-4-6-9(10)11-8-12(14)16-15-11/h4-8H,1-3H3,(H3,14,15,16). The minimum absolute atomic E-state index is 0.108. The number of anilines is 1. The predicted molar refractivity (Wildman–Crippen MR) is 67.1 cm³/mol. The van der Waals surface area contributed by atoms with E-state index in [2.05, 4.69) is 49.2 Å². The Morgan fingerprint density at radius 1 is 1.19 bits per heavy atom. The van der Waals surface area contributed by atoms with Crippen LogP contribution in [0.2, 0.25) is 0 Å². The molecule has 84 valence electrons. The van der Waals surface area contributed by atoms with Crippen molar-refractivity contribution in [2.75, 3.05) is 5.73 Å². The Hall–Kier alpha value is -1.77. The van der Waals surface area contributed by atoms with Gasteiger partial charge < -0.3 is 5.73 Å². The molecule has 0 spiro atoms. The van der Waals surface area contributed by atoms with Gasteiger partial charge in [0.25, 0.3) is 0 Å². The Kier molecular flexibility index (Phi) is 2.46. The van der Waals surface area contributed by atoms with Gasteiger partial charge in [0, 0.05) is 11.6 Å². The van der Waals surface area contributed by atoms with Crippen LogP contribution in [0.3, 0.4) is 0 Å². The molecule has 1 aromatic heterocycles. The lowest BCUT2D eigenvalue weighted by molar-refractivity contribution is 0.591. The van der Waals surface area contributed by atoms with Gasteiger partial charge in [-0.15, -0.1) is 0 Å². The highest BCUT2D eigenvalue weighted by Gasteiger charge is 2.18. The summed E-state index contributed by atoms with van der Waals surface area (Å²) in [5.74, 6) is 0.527. The summed E-state index contributed by atoms with van der Waals surface area (Å²) >= 11 is 0. The van der Waals surface area contributed by atoms with Crippen LogP contribution in [0.25, 0.3) is 11.3 Å². The fourth-order valence-corrected chi connectivity index (χ4v) is 1.85. The fourth-order valence-electron chi connectivity index (χ4n) is 1.85. The molecule has 0 aliphatic rings. The fraction of sp³-hybridized carbons (Fsp3) is 0.308. The van der Waals surface area contributed by atoms with Crippen molar-refractivity contribution in [2.45, 2.75) is 26.2 Å². The molecule has 3 N–H and O–H groups in total. The summed E-state index contributed by atoms with van der Waals surface area (Å²) in [5, 5.41) is 6.93. The van der Waals surface area contributed by atoms with E-state index in [0.717, 1.165) is 5.69 Å². The van der Waals surface area contributed by atoms with Crippen LogP contribution in [0.15, 0.2) is 30.3 Å². The zero-order valence-electron chi connectivity index (χ0n) is 9.91. The predicted octanol–water partition coefficient (Wildman–Crippen LogP) is 2.96. The maximum atomic E-state index is 5.63. The normalized spacial score (nSPS) is 11.7. The van der Waals surface area contributed by atoms with Crippen molar-refractivity contribution in [1.29, 1.82) is 0 Å². The van der Waals surface area contributed by atoms with Crippen molar-refractivity contribution in [3.63, 3.8) is 0 Å². The van der Waals surface area contributed by atoms with Crippen molar-refractivity contribution in [3.8, 4) is 11.3 Å². The molecule has 0 aliphatic carbocycles. The van der Waals surface area contributed by atoms with E-state index in [1.54, 1.807) is 0 Å². The van der Waals surface area contributed by atoms with Crippen molar-refractivity contribution in [1.82, 2.24) is 10.2 Å². The van der Waals surface area contributed by atoms with Crippen molar-refractivity contribution in [2.24, 2.45) is 0 Å². The largest absolute Gasteiger partial charge is 0.382 e. The molecule has 16 heavy (non-hydrogen) atoms. The van der Waals surface area contributed by atoms with E-state index in [1.165, 1.54) is 11.1 Å². The first-order chi connectivity index (χ1) is 7.48. The molecule has 0 saturated heterocycles. The number of rotatable bonds is 1. The third-order valence-electron chi connectivity index (χ3n) is 2.62. The summed E-state index contributed by atoms with van der Waals surface area (Å²) in [4.78, 5) is 0. The van der Waals surface area contributed by atoms with Gasteiger partial charge >= 0.3 is 0 Å². The quantitative estimate of drug-likeness (QED) is 0.768. The lowest BCUT2D eigenvalue weighted by atomic mass is 9.83. The maximum absolute atomic E-state index is 5.63. The first-order valence-corrected chi connectivity index (χ1v) is 5.39. The number of nitrogens with one attached hydrogen (secondary N) is 1. The first-order valence-electron chi connectivity index (χ1n) is 5.39. The van der Waals surface area contributed by atoms with Crippen molar-refractivity contribution < 1.29 is 0 Å². The van der Waals surface area contributed by atoms with Crippen LogP contribution in [0.4, 0.5) is 5.82 Å². The van der Waals surface area contributed by atoms with Gasteiger partial charge in [0.15, 0.2) is 0 Å². The molecule has 0 aliphatic heterocycles. The van der Waals surface area contributed by atoms with Crippen LogP contribution in [0.1, 0.15) is 26.3 Å². The Morgan fingerprint density at radius 3 is 2.44 bits per heavy atom. The van der Waals surface area contributed by atoms with Gasteiger partial charge in [0.1, 0.15) is 5.82 Å². The number of H-pyrrole nitrogens is 1. The molecule has 3 nitrogen and oxygen atoms in total. The molecule has 0 saturated carbocycles.